The van der Waals surface area contributed by atoms with Crippen molar-refractivity contribution in [3.63, 3.8) is 0 Å². The van der Waals surface area contributed by atoms with Crippen LogP contribution < -0.4 is 15.4 Å². The molecule has 4 heterocycles. The summed E-state index contributed by atoms with van der Waals surface area (Å²) < 4.78 is 32.0. The molecule has 0 radical (unpaired) electrons. The first-order chi connectivity index (χ1) is 18.1. The summed E-state index contributed by atoms with van der Waals surface area (Å²) in [7, 11) is -3.22. The molecule has 4 aromatic rings. The van der Waals surface area contributed by atoms with Gasteiger partial charge in [0, 0.05) is 54.7 Å². The largest absolute Gasteiger partial charge is 0.471 e. The number of H-pyrrole nitrogens is 1. The number of fused-ring (bicyclic) bond motifs is 1. The van der Waals surface area contributed by atoms with E-state index in [1.54, 1.807) is 16.6 Å². The summed E-state index contributed by atoms with van der Waals surface area (Å²) in [6.07, 6.45) is 6.88. The van der Waals surface area contributed by atoms with Gasteiger partial charge in [0.1, 0.15) is 17.3 Å². The molecular formula is C25H25Cl2N7O3S. The molecule has 2 fully saturated rings. The van der Waals surface area contributed by atoms with Crippen molar-refractivity contribution in [3.8, 4) is 17.0 Å². The number of aromatic amines is 1. The Bertz CT molecular complexity index is 1600. The lowest BCUT2D eigenvalue weighted by atomic mass is 10.1. The number of nitrogens with one attached hydrogen (secondary N) is 1. The fourth-order valence-corrected chi connectivity index (χ4v) is 7.06. The summed E-state index contributed by atoms with van der Waals surface area (Å²) in [6, 6.07) is 9.42. The van der Waals surface area contributed by atoms with E-state index in [1.807, 2.05) is 24.3 Å². The second kappa shape index (κ2) is 9.35. The maximum atomic E-state index is 12.2. The van der Waals surface area contributed by atoms with Crippen molar-refractivity contribution in [3.05, 3.63) is 64.5 Å². The van der Waals surface area contributed by atoms with Crippen LogP contribution in [0.15, 0.2) is 48.9 Å². The van der Waals surface area contributed by atoms with Crippen molar-refractivity contribution >= 4 is 49.9 Å². The molecule has 3 N–H and O–H groups in total. The van der Waals surface area contributed by atoms with E-state index in [-0.39, 0.29) is 5.54 Å². The maximum Gasteiger partial charge on any atom is 0.211 e. The molecule has 1 aromatic carbocycles. The van der Waals surface area contributed by atoms with E-state index in [9.17, 15) is 8.42 Å². The molecule has 10 nitrogen and oxygen atoms in total. The van der Waals surface area contributed by atoms with E-state index >= 15 is 0 Å². The third-order valence-electron chi connectivity index (χ3n) is 7.13. The number of halogens is 2. The number of sulfonamides is 1. The Balaban J connectivity index is 1.23. The molecule has 13 heteroatoms. The van der Waals surface area contributed by atoms with E-state index in [0.29, 0.717) is 41.0 Å². The van der Waals surface area contributed by atoms with E-state index in [2.05, 4.69) is 20.1 Å². The van der Waals surface area contributed by atoms with Crippen molar-refractivity contribution in [1.82, 2.24) is 24.5 Å². The summed E-state index contributed by atoms with van der Waals surface area (Å²) in [5.74, 6) is 1.34. The zero-order chi connectivity index (χ0) is 26.7. The smallest absolute Gasteiger partial charge is 0.211 e. The van der Waals surface area contributed by atoms with Crippen LogP contribution in [0, 0.1) is 0 Å². The summed E-state index contributed by atoms with van der Waals surface area (Å²) in [5, 5.41) is 9.03. The monoisotopic (exact) mass is 573 g/mol. The standard InChI is InChI=1S/C25H25Cl2N7O3S/c1-38(35,36)34-9-8-33(14-25(34)6-7-25)21-5-2-15(11-30-21)23-17-10-16(3-4-20(17)31-32-23)37-24(28)22-18(26)12-29-13-19(22)27/h2-5,10-13,24H,6-9,14,28H2,1H3,(H,31,32)/t24-/m0/s1. The van der Waals surface area contributed by atoms with Crippen LogP contribution in [0.1, 0.15) is 24.6 Å². The van der Waals surface area contributed by atoms with Gasteiger partial charge in [-0.2, -0.15) is 9.40 Å². The Morgan fingerprint density at radius 1 is 1.11 bits per heavy atom. The van der Waals surface area contributed by atoms with E-state index in [0.717, 1.165) is 40.8 Å². The van der Waals surface area contributed by atoms with Crippen LogP contribution in [0.4, 0.5) is 5.82 Å². The quantitative estimate of drug-likeness (QED) is 0.331. The van der Waals surface area contributed by atoms with Crippen molar-refractivity contribution < 1.29 is 13.2 Å². The number of nitrogens with zero attached hydrogens (tertiary/aromatic N) is 5. The highest BCUT2D eigenvalue weighted by Crippen LogP contribution is 2.46. The molecular weight excluding hydrogens is 549 g/mol. The van der Waals surface area contributed by atoms with Crippen molar-refractivity contribution in [1.29, 1.82) is 0 Å². The number of hydrogen-bond acceptors (Lipinski definition) is 8. The van der Waals surface area contributed by atoms with Gasteiger partial charge < -0.3 is 9.64 Å². The lowest BCUT2D eigenvalue weighted by Gasteiger charge is -2.41. The number of rotatable bonds is 6. The molecule has 1 spiro atoms. The zero-order valence-corrected chi connectivity index (χ0v) is 22.8. The second-order valence-corrected chi connectivity index (χ2v) is 12.4. The number of aromatic nitrogens is 4. The minimum Gasteiger partial charge on any atom is -0.471 e. The minimum absolute atomic E-state index is 0.299. The van der Waals surface area contributed by atoms with Gasteiger partial charge in [0.15, 0.2) is 6.23 Å². The van der Waals surface area contributed by atoms with Gasteiger partial charge in [0.25, 0.3) is 0 Å². The Labute approximate surface area is 229 Å². The first-order valence-corrected chi connectivity index (χ1v) is 14.6. The molecule has 0 bridgehead atoms. The molecule has 1 aliphatic carbocycles. The van der Waals surface area contributed by atoms with Gasteiger partial charge >= 0.3 is 0 Å². The van der Waals surface area contributed by atoms with E-state index in [1.165, 1.54) is 18.6 Å². The number of pyridine rings is 2. The summed E-state index contributed by atoms with van der Waals surface area (Å²) in [6.45, 7) is 1.70. The summed E-state index contributed by atoms with van der Waals surface area (Å²) in [4.78, 5) is 10.8. The predicted molar refractivity (Wildman–Crippen MR) is 147 cm³/mol. The first-order valence-electron chi connectivity index (χ1n) is 12.0. The third kappa shape index (κ3) is 4.58. The van der Waals surface area contributed by atoms with Crippen LogP contribution in [0.3, 0.4) is 0 Å². The molecule has 1 saturated carbocycles. The normalized spacial score (nSPS) is 18.2. The molecule has 1 aliphatic heterocycles. The molecule has 1 atom stereocenters. The Morgan fingerprint density at radius 2 is 1.87 bits per heavy atom. The lowest BCUT2D eigenvalue weighted by Crippen LogP contribution is -2.56. The van der Waals surface area contributed by atoms with Crippen molar-refractivity contribution in [2.45, 2.75) is 24.6 Å². The molecule has 0 unspecified atom stereocenters. The van der Waals surface area contributed by atoms with Gasteiger partial charge in [-0.25, -0.2) is 13.4 Å². The number of hydrogen-bond donors (Lipinski definition) is 2. The highest BCUT2D eigenvalue weighted by Gasteiger charge is 2.54. The van der Waals surface area contributed by atoms with Crippen molar-refractivity contribution in [2.24, 2.45) is 5.73 Å². The van der Waals surface area contributed by atoms with Gasteiger partial charge in [-0.15, -0.1) is 0 Å². The molecule has 3 aromatic heterocycles. The number of benzene rings is 1. The van der Waals surface area contributed by atoms with Crippen LogP contribution in [0.5, 0.6) is 5.75 Å². The predicted octanol–water partition coefficient (Wildman–Crippen LogP) is 3.98. The number of nitrogens with two attached hydrogens (primary N) is 1. The average molecular weight is 574 g/mol. The third-order valence-corrected chi connectivity index (χ3v) is 9.11. The van der Waals surface area contributed by atoms with Crippen LogP contribution in [-0.4, -0.2) is 64.3 Å². The van der Waals surface area contributed by atoms with Gasteiger partial charge in [-0.1, -0.05) is 23.2 Å². The molecule has 0 amide bonds. The molecule has 6 rings (SSSR count). The van der Waals surface area contributed by atoms with Crippen molar-refractivity contribution in [2.75, 3.05) is 30.8 Å². The number of ether oxygens (including phenoxy) is 1. The minimum atomic E-state index is -3.22. The SMILES string of the molecule is CS(=O)(=O)N1CCN(c2ccc(-c3n[nH]c4ccc(O[C@H](N)c5c(Cl)cncc5Cl)cc34)cn2)CC12CC2. The van der Waals surface area contributed by atoms with Crippen LogP contribution in [0.25, 0.3) is 22.2 Å². The van der Waals surface area contributed by atoms with Crippen LogP contribution in [-0.2, 0) is 10.0 Å². The highest BCUT2D eigenvalue weighted by atomic mass is 35.5. The fourth-order valence-electron chi connectivity index (χ4n) is 5.13. The molecule has 198 valence electrons. The first kappa shape index (κ1) is 25.3. The zero-order valence-electron chi connectivity index (χ0n) is 20.4. The number of anilines is 1. The topological polar surface area (TPSA) is 130 Å². The second-order valence-electron chi connectivity index (χ2n) is 9.72. The summed E-state index contributed by atoms with van der Waals surface area (Å²) in [5.41, 5.74) is 8.79. The van der Waals surface area contributed by atoms with Gasteiger partial charge in [0.2, 0.25) is 10.0 Å². The average Bonchev–Trinajstić information content (AvgIpc) is 3.49. The summed E-state index contributed by atoms with van der Waals surface area (Å²) >= 11 is 12.5. The van der Waals surface area contributed by atoms with Gasteiger partial charge in [-0.05, 0) is 43.2 Å². The number of piperazine rings is 1. The van der Waals surface area contributed by atoms with E-state index in [4.69, 9.17) is 38.7 Å². The van der Waals surface area contributed by atoms with Gasteiger partial charge in [-0.3, -0.25) is 15.8 Å². The maximum absolute atomic E-state index is 12.2. The molecule has 1 saturated heterocycles. The van der Waals surface area contributed by atoms with Crippen LogP contribution in [0.2, 0.25) is 10.0 Å². The fraction of sp³-hybridized carbons (Fsp3) is 0.320. The Hall–Kier alpha value is -2.96. The highest BCUT2D eigenvalue weighted by molar-refractivity contribution is 7.88. The Kier molecular flexibility index (Phi) is 6.23. The van der Waals surface area contributed by atoms with Gasteiger partial charge in [0.05, 0.1) is 27.4 Å². The Morgan fingerprint density at radius 3 is 2.53 bits per heavy atom. The molecule has 38 heavy (non-hydrogen) atoms. The van der Waals surface area contributed by atoms with Crippen LogP contribution >= 0.6 is 23.2 Å². The molecule has 2 aliphatic rings. The lowest BCUT2D eigenvalue weighted by molar-refractivity contribution is 0.214. The van der Waals surface area contributed by atoms with E-state index < -0.39 is 16.3 Å².